The third-order valence-corrected chi connectivity index (χ3v) is 6.79. The van der Waals surface area contributed by atoms with E-state index in [1.54, 1.807) is 19.1 Å². The van der Waals surface area contributed by atoms with E-state index in [0.29, 0.717) is 37.4 Å². The van der Waals surface area contributed by atoms with E-state index >= 15 is 0 Å². The van der Waals surface area contributed by atoms with Crippen molar-refractivity contribution in [3.8, 4) is 0 Å². The molecule has 2 atom stereocenters. The summed E-state index contributed by atoms with van der Waals surface area (Å²) in [5.74, 6) is -1.11. The lowest BCUT2D eigenvalue weighted by Gasteiger charge is -2.20. The minimum absolute atomic E-state index is 0.108. The summed E-state index contributed by atoms with van der Waals surface area (Å²) in [7, 11) is -3.58. The van der Waals surface area contributed by atoms with Crippen LogP contribution in [0.15, 0.2) is 29.2 Å². The van der Waals surface area contributed by atoms with Gasteiger partial charge in [-0.15, -0.1) is 0 Å². The summed E-state index contributed by atoms with van der Waals surface area (Å²) in [5, 5.41) is 3.37. The molecule has 1 saturated heterocycles. The number of carbonyl (C=O) groups excluding carboxylic acids is 2. The second-order valence-corrected chi connectivity index (χ2v) is 9.11. The Morgan fingerprint density at radius 2 is 1.96 bits per heavy atom. The number of nitrogens with one attached hydrogen (secondary N) is 1. The second-order valence-electron chi connectivity index (χ2n) is 6.74. The van der Waals surface area contributed by atoms with Gasteiger partial charge >= 0.3 is 0 Å². The van der Waals surface area contributed by atoms with Crippen LogP contribution in [-0.4, -0.2) is 43.7 Å². The lowest BCUT2D eigenvalue weighted by molar-refractivity contribution is -0.121. The SMILES string of the molecule is CC(C[CH]C(=O)N[C@H]1CCCN(S(=O)(=O)c2ccc(Cl)cc2)CC1)C(N)=O. The first-order chi connectivity index (χ1) is 12.7. The molecule has 0 aromatic heterocycles. The molecule has 7 nitrogen and oxygen atoms in total. The molecule has 149 valence electrons. The van der Waals surface area contributed by atoms with Crippen molar-refractivity contribution >= 4 is 33.4 Å². The quantitative estimate of drug-likeness (QED) is 0.707. The molecule has 1 fully saturated rings. The summed E-state index contributed by atoms with van der Waals surface area (Å²) >= 11 is 5.83. The van der Waals surface area contributed by atoms with Crippen LogP contribution in [0.3, 0.4) is 0 Å². The summed E-state index contributed by atoms with van der Waals surface area (Å²) in [6.45, 7) is 2.39. The van der Waals surface area contributed by atoms with Gasteiger partial charge in [-0.1, -0.05) is 18.5 Å². The zero-order valence-corrected chi connectivity index (χ0v) is 16.8. The Morgan fingerprint density at radius 1 is 1.30 bits per heavy atom. The van der Waals surface area contributed by atoms with Crippen molar-refractivity contribution < 1.29 is 18.0 Å². The molecule has 1 aliphatic heterocycles. The highest BCUT2D eigenvalue weighted by Gasteiger charge is 2.28. The molecule has 1 aliphatic rings. The zero-order valence-electron chi connectivity index (χ0n) is 15.2. The van der Waals surface area contributed by atoms with Crippen LogP contribution in [0.25, 0.3) is 0 Å². The van der Waals surface area contributed by atoms with E-state index in [9.17, 15) is 18.0 Å². The van der Waals surface area contributed by atoms with E-state index in [1.807, 2.05) is 0 Å². The number of amides is 2. The molecule has 3 N–H and O–H groups in total. The largest absolute Gasteiger partial charge is 0.369 e. The Bertz CT molecular complexity index is 767. The van der Waals surface area contributed by atoms with Crippen molar-refractivity contribution in [3.63, 3.8) is 0 Å². The molecule has 1 aromatic carbocycles. The second kappa shape index (κ2) is 9.52. The van der Waals surface area contributed by atoms with Crippen LogP contribution in [0.1, 0.15) is 32.6 Å². The van der Waals surface area contributed by atoms with E-state index in [-0.39, 0.29) is 23.3 Å². The third kappa shape index (κ3) is 6.19. The van der Waals surface area contributed by atoms with Crippen LogP contribution in [0.4, 0.5) is 0 Å². The standard InChI is InChI=1S/C18H25ClN3O4S/c1-13(18(20)24)4-9-17(23)21-15-3-2-11-22(12-10-15)27(25,26)16-7-5-14(19)6-8-16/h5-9,13,15H,2-4,10-12H2,1H3,(H2,20,24)(H,21,23)/t13?,15-/m0/s1. The molecule has 27 heavy (non-hydrogen) atoms. The average Bonchev–Trinajstić information content (AvgIpc) is 2.86. The van der Waals surface area contributed by atoms with Gasteiger partial charge in [0.2, 0.25) is 21.8 Å². The highest BCUT2D eigenvalue weighted by Crippen LogP contribution is 2.22. The number of halogens is 1. The van der Waals surface area contributed by atoms with E-state index in [4.69, 9.17) is 17.3 Å². The van der Waals surface area contributed by atoms with Gasteiger partial charge in [0.05, 0.1) is 11.3 Å². The molecule has 1 heterocycles. The first-order valence-corrected chi connectivity index (χ1v) is 10.7. The molecular formula is C18H25ClN3O4S. The first-order valence-electron chi connectivity index (χ1n) is 8.89. The van der Waals surface area contributed by atoms with Crippen LogP contribution in [0.5, 0.6) is 0 Å². The van der Waals surface area contributed by atoms with Gasteiger partial charge in [-0.3, -0.25) is 9.59 Å². The van der Waals surface area contributed by atoms with Gasteiger partial charge in [0, 0.05) is 30.1 Å². The van der Waals surface area contributed by atoms with Gasteiger partial charge < -0.3 is 11.1 Å². The van der Waals surface area contributed by atoms with Crippen molar-refractivity contribution in [1.29, 1.82) is 0 Å². The van der Waals surface area contributed by atoms with Crippen molar-refractivity contribution in [3.05, 3.63) is 35.7 Å². The van der Waals surface area contributed by atoms with Crippen LogP contribution >= 0.6 is 11.6 Å². The fourth-order valence-corrected chi connectivity index (χ4v) is 4.49. The molecule has 0 bridgehead atoms. The van der Waals surface area contributed by atoms with Gasteiger partial charge in [-0.05, 0) is 49.9 Å². The maximum Gasteiger partial charge on any atom is 0.243 e. The fourth-order valence-electron chi connectivity index (χ4n) is 2.87. The topological polar surface area (TPSA) is 110 Å². The Kier molecular flexibility index (Phi) is 7.64. The van der Waals surface area contributed by atoms with Gasteiger partial charge in [0.1, 0.15) is 0 Å². The highest BCUT2D eigenvalue weighted by molar-refractivity contribution is 7.89. The molecule has 0 saturated carbocycles. The normalized spacial score (nSPS) is 19.9. The van der Waals surface area contributed by atoms with Crippen molar-refractivity contribution in [2.75, 3.05) is 13.1 Å². The molecule has 0 spiro atoms. The molecule has 2 amide bonds. The lowest BCUT2D eigenvalue weighted by atomic mass is 10.0. The summed E-state index contributed by atoms with van der Waals surface area (Å²) in [6, 6.07) is 5.99. The molecule has 1 radical (unpaired) electrons. The number of hydrogen-bond donors (Lipinski definition) is 2. The summed E-state index contributed by atoms with van der Waals surface area (Å²) < 4.78 is 27.0. The summed E-state index contributed by atoms with van der Waals surface area (Å²) in [6.07, 6.45) is 3.57. The van der Waals surface area contributed by atoms with E-state index in [1.165, 1.54) is 22.9 Å². The van der Waals surface area contributed by atoms with Gasteiger partial charge in [0.15, 0.2) is 0 Å². The van der Waals surface area contributed by atoms with E-state index in [0.717, 1.165) is 0 Å². The molecule has 1 unspecified atom stereocenters. The van der Waals surface area contributed by atoms with E-state index in [2.05, 4.69) is 5.32 Å². The maximum absolute atomic E-state index is 12.8. The molecule has 2 rings (SSSR count). The van der Waals surface area contributed by atoms with E-state index < -0.39 is 21.8 Å². The summed E-state index contributed by atoms with van der Waals surface area (Å²) in [5.41, 5.74) is 5.18. The summed E-state index contributed by atoms with van der Waals surface area (Å²) in [4.78, 5) is 23.2. The average molecular weight is 415 g/mol. The Hall–Kier alpha value is -1.64. The number of carbonyl (C=O) groups is 2. The minimum atomic E-state index is -3.58. The molecule has 1 aromatic rings. The van der Waals surface area contributed by atoms with Crippen molar-refractivity contribution in [2.45, 2.75) is 43.5 Å². The highest BCUT2D eigenvalue weighted by atomic mass is 35.5. The predicted octanol–water partition coefficient (Wildman–Crippen LogP) is 1.72. The Labute approximate surface area is 165 Å². The monoisotopic (exact) mass is 414 g/mol. The first kappa shape index (κ1) is 21.7. The zero-order chi connectivity index (χ0) is 20.0. The molecular weight excluding hydrogens is 390 g/mol. The number of primary amides is 1. The Balaban J connectivity index is 1.90. The van der Waals surface area contributed by atoms with Crippen molar-refractivity contribution in [2.24, 2.45) is 11.7 Å². The fraction of sp³-hybridized carbons (Fsp3) is 0.500. The molecule has 9 heteroatoms. The predicted molar refractivity (Wildman–Crippen MR) is 103 cm³/mol. The van der Waals surface area contributed by atoms with Gasteiger partial charge in [-0.2, -0.15) is 4.31 Å². The van der Waals surface area contributed by atoms with Gasteiger partial charge in [0.25, 0.3) is 0 Å². The number of hydrogen-bond acceptors (Lipinski definition) is 4. The molecule has 0 aliphatic carbocycles. The number of rotatable bonds is 7. The van der Waals surface area contributed by atoms with Gasteiger partial charge in [-0.25, -0.2) is 8.42 Å². The van der Waals surface area contributed by atoms with Crippen LogP contribution < -0.4 is 11.1 Å². The minimum Gasteiger partial charge on any atom is -0.369 e. The van der Waals surface area contributed by atoms with Crippen LogP contribution in [-0.2, 0) is 19.6 Å². The third-order valence-electron chi connectivity index (χ3n) is 4.63. The number of nitrogens with two attached hydrogens (primary N) is 1. The van der Waals surface area contributed by atoms with Crippen LogP contribution in [0, 0.1) is 12.3 Å². The van der Waals surface area contributed by atoms with Crippen LogP contribution in [0.2, 0.25) is 5.02 Å². The maximum atomic E-state index is 12.8. The lowest BCUT2D eigenvalue weighted by Crippen LogP contribution is -2.37. The Morgan fingerprint density at radius 3 is 2.59 bits per heavy atom. The number of nitrogens with zero attached hydrogens (tertiary/aromatic N) is 1. The number of sulfonamides is 1. The number of benzene rings is 1. The smallest absolute Gasteiger partial charge is 0.243 e. The van der Waals surface area contributed by atoms with Crippen molar-refractivity contribution in [1.82, 2.24) is 9.62 Å².